The van der Waals surface area contributed by atoms with E-state index >= 15 is 0 Å². The normalized spacial score (nSPS) is 21.9. The third-order valence-corrected chi connectivity index (χ3v) is 4.56. The first-order valence-corrected chi connectivity index (χ1v) is 8.06. The zero-order chi connectivity index (χ0) is 15.0. The maximum atomic E-state index is 8.75. The number of nitrogens with zero attached hydrogens (tertiary/aromatic N) is 3. The molecule has 1 aliphatic rings. The van der Waals surface area contributed by atoms with Crippen LogP contribution >= 0.6 is 0 Å². The van der Waals surface area contributed by atoms with Crippen molar-refractivity contribution in [1.29, 1.82) is 0 Å². The molecule has 0 saturated carbocycles. The van der Waals surface area contributed by atoms with Crippen LogP contribution in [0.4, 0.5) is 0 Å². The summed E-state index contributed by atoms with van der Waals surface area (Å²) in [5.74, 6) is 1.15. The Kier molecular flexibility index (Phi) is 7.92. The Labute approximate surface area is 123 Å². The van der Waals surface area contributed by atoms with Gasteiger partial charge in [0.1, 0.15) is 0 Å². The molecule has 0 aromatic heterocycles. The maximum absolute atomic E-state index is 8.75. The summed E-state index contributed by atoms with van der Waals surface area (Å²) < 4.78 is 0. The van der Waals surface area contributed by atoms with Crippen LogP contribution in [-0.4, -0.2) is 59.6 Å². The Hall–Kier alpha value is -0.810. The predicted octanol–water partition coefficient (Wildman–Crippen LogP) is 1.96. The molecule has 5 heteroatoms. The molecule has 1 aliphatic heterocycles. The lowest BCUT2D eigenvalue weighted by molar-refractivity contribution is 0.105. The Bertz CT molecular complexity index is 288. The van der Waals surface area contributed by atoms with E-state index in [1.807, 2.05) is 6.92 Å². The van der Waals surface area contributed by atoms with Gasteiger partial charge < -0.3 is 15.8 Å². The maximum Gasteiger partial charge on any atom is 0.156 e. The lowest BCUT2D eigenvalue weighted by Crippen LogP contribution is -2.53. The number of unbranched alkanes of at least 4 members (excludes halogenated alkanes) is 1. The molecule has 3 N–H and O–H groups in total. The number of rotatable bonds is 8. The summed E-state index contributed by atoms with van der Waals surface area (Å²) in [6.45, 7) is 12.0. The molecule has 5 nitrogen and oxygen atoms in total. The first-order chi connectivity index (χ1) is 9.62. The average molecular weight is 284 g/mol. The third-order valence-electron chi connectivity index (χ3n) is 4.56. The lowest BCUT2D eigenvalue weighted by atomic mass is 9.98. The molecule has 2 atom stereocenters. The molecular weight excluding hydrogens is 252 g/mol. The van der Waals surface area contributed by atoms with Gasteiger partial charge in [-0.3, -0.25) is 4.90 Å². The minimum atomic E-state index is 0.0317. The molecule has 1 heterocycles. The molecule has 0 aromatic rings. The molecule has 20 heavy (non-hydrogen) atoms. The van der Waals surface area contributed by atoms with Crippen LogP contribution in [0.25, 0.3) is 0 Å². The summed E-state index contributed by atoms with van der Waals surface area (Å²) in [5.41, 5.74) is 5.68. The molecule has 0 amide bonds. The highest BCUT2D eigenvalue weighted by atomic mass is 16.4. The number of piperazine rings is 1. The molecule has 0 aromatic carbocycles. The number of hydrogen-bond donors (Lipinski definition) is 2. The van der Waals surface area contributed by atoms with Gasteiger partial charge in [-0.1, -0.05) is 38.3 Å². The Morgan fingerprint density at radius 1 is 1.25 bits per heavy atom. The Morgan fingerprint density at radius 2 is 1.90 bits per heavy atom. The summed E-state index contributed by atoms with van der Waals surface area (Å²) in [6, 6.07) is 0.0317. The van der Waals surface area contributed by atoms with Gasteiger partial charge in [-0.15, -0.1) is 0 Å². The third kappa shape index (κ3) is 5.29. The molecule has 2 unspecified atom stereocenters. The molecule has 118 valence electrons. The van der Waals surface area contributed by atoms with Crippen molar-refractivity contribution in [2.24, 2.45) is 16.8 Å². The van der Waals surface area contributed by atoms with Crippen molar-refractivity contribution < 1.29 is 5.21 Å². The second-order valence-corrected chi connectivity index (χ2v) is 5.95. The second-order valence-electron chi connectivity index (χ2n) is 5.95. The SMILES string of the molecule is CCCCC(CC)CN1CCN(C(C)C(N)=NO)CC1. The van der Waals surface area contributed by atoms with Crippen molar-refractivity contribution in [2.45, 2.75) is 52.5 Å². The standard InChI is InChI=1S/C15H32N4O/c1-4-6-7-14(5-2)12-18-8-10-19(11-9-18)13(3)15(16)17-20/h13-14,20H,4-12H2,1-3H3,(H2,16,17). The highest BCUT2D eigenvalue weighted by molar-refractivity contribution is 5.84. The van der Waals surface area contributed by atoms with Gasteiger partial charge in [0.05, 0.1) is 6.04 Å². The molecule has 0 bridgehead atoms. The fraction of sp³-hybridized carbons (Fsp3) is 0.933. The zero-order valence-corrected chi connectivity index (χ0v) is 13.4. The molecular formula is C15H32N4O. The number of nitrogens with two attached hydrogens (primary N) is 1. The smallest absolute Gasteiger partial charge is 0.156 e. The largest absolute Gasteiger partial charge is 0.409 e. The summed E-state index contributed by atoms with van der Waals surface area (Å²) in [6.07, 6.45) is 5.27. The molecule has 1 fully saturated rings. The van der Waals surface area contributed by atoms with E-state index in [4.69, 9.17) is 10.9 Å². The zero-order valence-electron chi connectivity index (χ0n) is 13.4. The minimum absolute atomic E-state index is 0.0317. The fourth-order valence-corrected chi connectivity index (χ4v) is 2.89. The fourth-order valence-electron chi connectivity index (χ4n) is 2.89. The van der Waals surface area contributed by atoms with Gasteiger partial charge in [-0.05, 0) is 19.3 Å². The first kappa shape index (κ1) is 17.2. The van der Waals surface area contributed by atoms with Crippen LogP contribution in [0.3, 0.4) is 0 Å². The van der Waals surface area contributed by atoms with Gasteiger partial charge in [0.15, 0.2) is 5.84 Å². The average Bonchev–Trinajstić information content (AvgIpc) is 2.50. The van der Waals surface area contributed by atoms with Crippen molar-refractivity contribution in [3.05, 3.63) is 0 Å². The van der Waals surface area contributed by atoms with Crippen molar-refractivity contribution in [3.8, 4) is 0 Å². The van der Waals surface area contributed by atoms with E-state index in [-0.39, 0.29) is 6.04 Å². The first-order valence-electron chi connectivity index (χ1n) is 8.06. The predicted molar refractivity (Wildman–Crippen MR) is 84.2 cm³/mol. The number of hydrogen-bond acceptors (Lipinski definition) is 4. The second kappa shape index (κ2) is 9.19. The number of amidine groups is 1. The van der Waals surface area contributed by atoms with E-state index in [9.17, 15) is 0 Å². The van der Waals surface area contributed by atoms with Crippen molar-refractivity contribution in [2.75, 3.05) is 32.7 Å². The van der Waals surface area contributed by atoms with E-state index in [2.05, 4.69) is 28.8 Å². The number of oxime groups is 1. The van der Waals surface area contributed by atoms with E-state index in [0.29, 0.717) is 5.84 Å². The monoisotopic (exact) mass is 284 g/mol. The molecule has 1 saturated heterocycles. The van der Waals surface area contributed by atoms with Gasteiger partial charge in [-0.2, -0.15) is 0 Å². The van der Waals surface area contributed by atoms with Crippen LogP contribution < -0.4 is 5.73 Å². The highest BCUT2D eigenvalue weighted by Crippen LogP contribution is 2.16. The molecule has 0 aliphatic carbocycles. The lowest BCUT2D eigenvalue weighted by Gasteiger charge is -2.38. The van der Waals surface area contributed by atoms with Crippen LogP contribution in [0, 0.1) is 5.92 Å². The van der Waals surface area contributed by atoms with Crippen molar-refractivity contribution in [3.63, 3.8) is 0 Å². The quantitative estimate of drug-likeness (QED) is 0.309. The summed E-state index contributed by atoms with van der Waals surface area (Å²) >= 11 is 0. The van der Waals surface area contributed by atoms with E-state index in [1.54, 1.807) is 0 Å². The van der Waals surface area contributed by atoms with Gasteiger partial charge in [0, 0.05) is 32.7 Å². The van der Waals surface area contributed by atoms with Crippen LogP contribution in [0.1, 0.15) is 46.5 Å². The van der Waals surface area contributed by atoms with E-state index < -0.39 is 0 Å². The van der Waals surface area contributed by atoms with E-state index in [1.165, 1.54) is 32.2 Å². The minimum Gasteiger partial charge on any atom is -0.409 e. The topological polar surface area (TPSA) is 65.1 Å². The Morgan fingerprint density at radius 3 is 2.40 bits per heavy atom. The Balaban J connectivity index is 2.34. The summed E-state index contributed by atoms with van der Waals surface area (Å²) in [7, 11) is 0. The van der Waals surface area contributed by atoms with E-state index in [0.717, 1.165) is 32.1 Å². The van der Waals surface area contributed by atoms with Crippen molar-refractivity contribution >= 4 is 5.84 Å². The van der Waals surface area contributed by atoms with Crippen LogP contribution in [0.2, 0.25) is 0 Å². The van der Waals surface area contributed by atoms with Gasteiger partial charge >= 0.3 is 0 Å². The highest BCUT2D eigenvalue weighted by Gasteiger charge is 2.24. The summed E-state index contributed by atoms with van der Waals surface area (Å²) in [5, 5.41) is 11.9. The van der Waals surface area contributed by atoms with Crippen LogP contribution in [-0.2, 0) is 0 Å². The molecule has 1 rings (SSSR count). The summed E-state index contributed by atoms with van der Waals surface area (Å²) in [4.78, 5) is 4.86. The van der Waals surface area contributed by atoms with Crippen LogP contribution in [0.5, 0.6) is 0 Å². The molecule has 0 spiro atoms. The van der Waals surface area contributed by atoms with Gasteiger partial charge in [-0.25, -0.2) is 0 Å². The molecule has 0 radical (unpaired) electrons. The van der Waals surface area contributed by atoms with Crippen molar-refractivity contribution in [1.82, 2.24) is 9.80 Å². The van der Waals surface area contributed by atoms with Gasteiger partial charge in [0.2, 0.25) is 0 Å². The van der Waals surface area contributed by atoms with Crippen LogP contribution in [0.15, 0.2) is 5.16 Å². The van der Waals surface area contributed by atoms with Gasteiger partial charge in [0.25, 0.3) is 0 Å².